The Morgan fingerprint density at radius 2 is 2.19 bits per heavy atom. The highest BCUT2D eigenvalue weighted by Crippen LogP contribution is 2.31. The fourth-order valence-corrected chi connectivity index (χ4v) is 2.53. The van der Waals surface area contributed by atoms with Crippen LogP contribution in [0.5, 0.6) is 0 Å². The van der Waals surface area contributed by atoms with Crippen LogP contribution in [0.3, 0.4) is 0 Å². The van der Waals surface area contributed by atoms with Crippen molar-refractivity contribution in [2.45, 2.75) is 24.5 Å². The predicted molar refractivity (Wildman–Crippen MR) is 71.1 cm³/mol. The smallest absolute Gasteiger partial charge is 0.227 e. The number of aliphatic hydroxyl groups excluding tert-OH is 3. The van der Waals surface area contributed by atoms with Crippen molar-refractivity contribution in [3.05, 3.63) is 11.0 Å². The van der Waals surface area contributed by atoms with Crippen molar-refractivity contribution >= 4 is 29.3 Å². The zero-order valence-electron chi connectivity index (χ0n) is 10.5. The number of imidazole rings is 1. The van der Waals surface area contributed by atoms with Gasteiger partial charge in [0.15, 0.2) is 10.9 Å². The van der Waals surface area contributed by atoms with Gasteiger partial charge in [-0.2, -0.15) is 4.98 Å². The number of H-pyrrole nitrogens is 1. The van der Waals surface area contributed by atoms with Crippen LogP contribution in [-0.4, -0.2) is 65.0 Å². The van der Waals surface area contributed by atoms with Crippen LogP contribution in [0.25, 0.3) is 11.2 Å². The molecule has 4 unspecified atom stereocenters. The van der Waals surface area contributed by atoms with E-state index in [1.165, 1.54) is 10.9 Å². The molecule has 21 heavy (non-hydrogen) atoms. The molecule has 1 saturated heterocycles. The van der Waals surface area contributed by atoms with Crippen LogP contribution in [0.2, 0.25) is 0 Å². The fourth-order valence-electron chi connectivity index (χ4n) is 2.29. The third-order valence-corrected chi connectivity index (χ3v) is 3.63. The van der Waals surface area contributed by atoms with Crippen LogP contribution in [-0.2, 0) is 4.74 Å². The summed E-state index contributed by atoms with van der Waals surface area (Å²) in [6.07, 6.45) is -2.97. The lowest BCUT2D eigenvalue weighted by atomic mass is 10.1. The number of fused-ring (bicyclic) bond motifs is 1. The Labute approximate surface area is 122 Å². The molecule has 114 valence electrons. The first-order valence-corrected chi connectivity index (χ1v) is 6.47. The first-order valence-electron chi connectivity index (χ1n) is 6.06. The number of nitrogens with one attached hydrogen (secondary N) is 2. The molecule has 2 aromatic heterocycles. The van der Waals surface area contributed by atoms with E-state index in [1.807, 2.05) is 5.48 Å². The third kappa shape index (κ3) is 2.19. The number of aliphatic hydroxyl groups is 3. The van der Waals surface area contributed by atoms with Gasteiger partial charge in [-0.25, -0.2) is 10.5 Å². The molecule has 0 aromatic carbocycles. The van der Waals surface area contributed by atoms with Crippen molar-refractivity contribution in [1.29, 1.82) is 0 Å². The molecular formula is C10H13N5O5S. The largest absolute Gasteiger partial charge is 0.394 e. The lowest BCUT2D eigenvalue weighted by Crippen LogP contribution is -2.33. The van der Waals surface area contributed by atoms with Crippen LogP contribution < -0.4 is 5.48 Å². The second-order valence-electron chi connectivity index (χ2n) is 4.58. The Morgan fingerprint density at radius 3 is 2.81 bits per heavy atom. The van der Waals surface area contributed by atoms with Gasteiger partial charge in [0.25, 0.3) is 0 Å². The van der Waals surface area contributed by atoms with Crippen molar-refractivity contribution in [2.24, 2.45) is 0 Å². The Balaban J connectivity index is 2.09. The summed E-state index contributed by atoms with van der Waals surface area (Å²) < 4.78 is 6.97. The summed E-state index contributed by atoms with van der Waals surface area (Å²) in [7, 11) is 0. The minimum atomic E-state index is -1.25. The zero-order chi connectivity index (χ0) is 15.1. The molecule has 11 heteroatoms. The maximum absolute atomic E-state index is 10.0. The van der Waals surface area contributed by atoms with E-state index < -0.39 is 31.1 Å². The lowest BCUT2D eigenvalue weighted by Gasteiger charge is -2.16. The molecular weight excluding hydrogens is 302 g/mol. The molecule has 4 atom stereocenters. The standard InChI is InChI=1S/C10H13N5O5S/c16-1-3-5(17)6(18)9(20-3)15-2-11-4-7(15)12-10(14-19)13-8(4)21/h2-3,5-6,9,16-19H,1H2,(H2,12,13,14,21). The number of nitrogens with zero attached hydrogens (tertiary/aromatic N) is 3. The van der Waals surface area contributed by atoms with Gasteiger partial charge in [0.1, 0.15) is 29.5 Å². The SMILES string of the molecule is OCC1OC(n2cnc3c(=S)nc(NO)[nH]c32)C(O)C1O. The van der Waals surface area contributed by atoms with Gasteiger partial charge in [0, 0.05) is 0 Å². The average molecular weight is 315 g/mol. The molecule has 0 aliphatic carbocycles. The van der Waals surface area contributed by atoms with Crippen molar-refractivity contribution in [1.82, 2.24) is 19.5 Å². The van der Waals surface area contributed by atoms with Crippen molar-refractivity contribution in [3.63, 3.8) is 0 Å². The van der Waals surface area contributed by atoms with Crippen molar-refractivity contribution in [3.8, 4) is 0 Å². The topological polar surface area (TPSA) is 149 Å². The third-order valence-electron chi connectivity index (χ3n) is 3.34. The van der Waals surface area contributed by atoms with Gasteiger partial charge >= 0.3 is 0 Å². The highest BCUT2D eigenvalue weighted by Gasteiger charge is 2.43. The zero-order valence-corrected chi connectivity index (χ0v) is 11.4. The molecule has 0 amide bonds. The van der Waals surface area contributed by atoms with E-state index >= 15 is 0 Å². The van der Waals surface area contributed by atoms with Crippen LogP contribution >= 0.6 is 12.2 Å². The number of aromatic nitrogens is 4. The predicted octanol–water partition coefficient (Wildman–Crippen LogP) is -1.10. The number of aromatic amines is 1. The number of hydrogen-bond donors (Lipinski definition) is 6. The van der Waals surface area contributed by atoms with Crippen molar-refractivity contribution < 1.29 is 25.3 Å². The Bertz CT molecular complexity index is 717. The minimum absolute atomic E-state index is 0.000920. The van der Waals surface area contributed by atoms with Gasteiger partial charge in [-0.3, -0.25) is 9.77 Å². The average Bonchev–Trinajstić information content (AvgIpc) is 3.02. The second-order valence-corrected chi connectivity index (χ2v) is 4.97. The molecule has 6 N–H and O–H groups in total. The summed E-state index contributed by atoms with van der Waals surface area (Å²) in [4.78, 5) is 10.7. The molecule has 3 heterocycles. The second kappa shape index (κ2) is 5.29. The Kier molecular flexibility index (Phi) is 3.61. The Hall–Kier alpha value is -1.63. The summed E-state index contributed by atoms with van der Waals surface area (Å²) in [5, 5.41) is 37.8. The highest BCUT2D eigenvalue weighted by molar-refractivity contribution is 7.71. The molecule has 2 aromatic rings. The summed E-state index contributed by atoms with van der Waals surface area (Å²) >= 11 is 5.04. The molecule has 1 aliphatic heterocycles. The van der Waals surface area contributed by atoms with Gasteiger partial charge in [0.05, 0.1) is 12.9 Å². The maximum Gasteiger partial charge on any atom is 0.227 e. The normalized spacial score (nSPS) is 29.1. The van der Waals surface area contributed by atoms with Crippen LogP contribution in [0.1, 0.15) is 6.23 Å². The summed E-state index contributed by atoms with van der Waals surface area (Å²) in [5.41, 5.74) is 2.54. The van der Waals surface area contributed by atoms with Crippen LogP contribution in [0, 0.1) is 4.64 Å². The van der Waals surface area contributed by atoms with Crippen molar-refractivity contribution in [2.75, 3.05) is 12.1 Å². The number of hydrogen-bond acceptors (Lipinski definition) is 9. The molecule has 0 radical (unpaired) electrons. The number of rotatable bonds is 3. The lowest BCUT2D eigenvalue weighted by molar-refractivity contribution is -0.0511. The van der Waals surface area contributed by atoms with E-state index in [2.05, 4.69) is 15.0 Å². The fraction of sp³-hybridized carbons (Fsp3) is 0.500. The minimum Gasteiger partial charge on any atom is -0.394 e. The van der Waals surface area contributed by atoms with E-state index in [0.29, 0.717) is 11.2 Å². The Morgan fingerprint density at radius 1 is 1.43 bits per heavy atom. The molecule has 1 fully saturated rings. The van der Waals surface area contributed by atoms with Crippen LogP contribution in [0.4, 0.5) is 5.95 Å². The summed E-state index contributed by atoms with van der Waals surface area (Å²) in [6.45, 7) is -0.428. The molecule has 1 aliphatic rings. The van der Waals surface area contributed by atoms with E-state index in [1.54, 1.807) is 0 Å². The highest BCUT2D eigenvalue weighted by atomic mass is 32.1. The summed E-state index contributed by atoms with van der Waals surface area (Å²) in [5.74, 6) is 0.000920. The molecule has 10 nitrogen and oxygen atoms in total. The van der Waals surface area contributed by atoms with Gasteiger partial charge in [0.2, 0.25) is 5.95 Å². The first-order chi connectivity index (χ1) is 10.1. The molecule has 3 rings (SSSR count). The quantitative estimate of drug-likeness (QED) is 0.306. The summed E-state index contributed by atoms with van der Waals surface area (Å²) in [6, 6.07) is 0. The van der Waals surface area contributed by atoms with E-state index in [-0.39, 0.29) is 10.6 Å². The van der Waals surface area contributed by atoms with Gasteiger partial charge in [-0.15, -0.1) is 0 Å². The number of ether oxygens (including phenoxy) is 1. The molecule has 0 bridgehead atoms. The molecule has 0 spiro atoms. The van der Waals surface area contributed by atoms with Crippen LogP contribution in [0.15, 0.2) is 6.33 Å². The molecule has 0 saturated carbocycles. The van der Waals surface area contributed by atoms with E-state index in [0.717, 1.165) is 0 Å². The monoisotopic (exact) mass is 315 g/mol. The van der Waals surface area contributed by atoms with Gasteiger partial charge in [-0.1, -0.05) is 12.2 Å². The maximum atomic E-state index is 10.0. The van der Waals surface area contributed by atoms with E-state index in [4.69, 9.17) is 27.3 Å². The first kappa shape index (κ1) is 14.3. The number of anilines is 1. The van der Waals surface area contributed by atoms with E-state index in [9.17, 15) is 10.2 Å². The van der Waals surface area contributed by atoms with Gasteiger partial charge in [-0.05, 0) is 0 Å². The van der Waals surface area contributed by atoms with Gasteiger partial charge < -0.3 is 25.0 Å².